The number of anilines is 2. The Balaban J connectivity index is 1.83. The maximum Gasteiger partial charge on any atom is 0.368 e. The molecule has 0 spiro atoms. The zero-order valence-corrected chi connectivity index (χ0v) is 29.3. The largest absolute Gasteiger partial charge is 0.478 e. The lowest BCUT2D eigenvalue weighted by Crippen LogP contribution is -2.49. The quantitative estimate of drug-likeness (QED) is 0.134. The van der Waals surface area contributed by atoms with E-state index < -0.39 is 76.3 Å². The van der Waals surface area contributed by atoms with Crippen LogP contribution in [0.4, 0.5) is 11.6 Å². The van der Waals surface area contributed by atoms with Crippen molar-refractivity contribution in [2.75, 3.05) is 29.9 Å². The van der Waals surface area contributed by atoms with Gasteiger partial charge in [-0.2, -0.15) is 14.3 Å². The normalized spacial score (nSPS) is 11.9. The minimum atomic E-state index is -5.06. The van der Waals surface area contributed by atoms with Gasteiger partial charge in [0.25, 0.3) is 38.0 Å². The van der Waals surface area contributed by atoms with Gasteiger partial charge in [0.2, 0.25) is 23.4 Å². The molecule has 1 atom stereocenters. The Hall–Kier alpha value is -4.51. The fraction of sp³-hybridized carbons (Fsp3) is 0.148. The molecule has 0 fully saturated rings. The number of carboxylic acid groups (broad SMARTS) is 1. The molecule has 2 aromatic heterocycles. The van der Waals surface area contributed by atoms with E-state index in [-0.39, 0.29) is 31.9 Å². The Kier molecular flexibility index (Phi) is 11.7. The summed E-state index contributed by atoms with van der Waals surface area (Å²) in [6, 6.07) is 7.51. The highest BCUT2D eigenvalue weighted by Gasteiger charge is 2.43. The van der Waals surface area contributed by atoms with Gasteiger partial charge in [0.05, 0.1) is 46.7 Å². The highest BCUT2D eigenvalue weighted by atomic mass is 35.5. The average Bonchev–Trinajstić information content (AvgIpc) is 3.06. The maximum absolute atomic E-state index is 14.2. The first-order valence-electron chi connectivity index (χ1n) is 12.9. The molecule has 0 amide bonds. The molecule has 0 radical (unpaired) electrons. The number of sulfonamides is 2. The van der Waals surface area contributed by atoms with Gasteiger partial charge in [-0.3, -0.25) is 4.72 Å². The molecule has 16 nitrogen and oxygen atoms in total. The number of halogens is 4. The molecule has 2 N–H and O–H groups in total. The predicted molar refractivity (Wildman–Crippen MR) is 177 cm³/mol. The summed E-state index contributed by atoms with van der Waals surface area (Å²) in [4.78, 5) is 27.6. The van der Waals surface area contributed by atoms with Crippen molar-refractivity contribution < 1.29 is 45.7 Å². The summed E-state index contributed by atoms with van der Waals surface area (Å²) in [5, 5.41) is 9.36. The number of methoxy groups -OCH3 is 2. The van der Waals surface area contributed by atoms with E-state index in [9.17, 15) is 26.7 Å². The van der Waals surface area contributed by atoms with Crippen molar-refractivity contribution in [3.63, 3.8) is 0 Å². The van der Waals surface area contributed by atoms with Crippen LogP contribution >= 0.6 is 46.4 Å². The Bertz CT molecular complexity index is 2170. The number of aromatic nitrogens is 4. The molecule has 4 rings (SSSR count). The smallest absolute Gasteiger partial charge is 0.368 e. The van der Waals surface area contributed by atoms with Crippen molar-refractivity contribution in [3.05, 3.63) is 68.9 Å². The topological polar surface area (TPSA) is 209 Å². The molecular formula is C27H20Cl4N6O10S2. The van der Waals surface area contributed by atoms with E-state index in [1.807, 2.05) is 0 Å². The van der Waals surface area contributed by atoms with E-state index in [1.54, 1.807) is 0 Å². The lowest BCUT2D eigenvalue weighted by Gasteiger charge is -2.29. The fourth-order valence-electron chi connectivity index (χ4n) is 3.78. The third kappa shape index (κ3) is 8.04. The first-order chi connectivity index (χ1) is 23.2. The van der Waals surface area contributed by atoms with Crippen LogP contribution in [0.15, 0.2) is 58.6 Å². The Morgan fingerprint density at radius 2 is 1.49 bits per heavy atom. The van der Waals surface area contributed by atoms with Gasteiger partial charge in [-0.15, -0.1) is 6.42 Å². The van der Waals surface area contributed by atoms with Crippen molar-refractivity contribution in [2.24, 2.45) is 0 Å². The van der Waals surface area contributed by atoms with E-state index in [4.69, 9.17) is 71.8 Å². The van der Waals surface area contributed by atoms with E-state index in [0.717, 1.165) is 32.7 Å². The van der Waals surface area contributed by atoms with Crippen molar-refractivity contribution in [1.29, 1.82) is 0 Å². The lowest BCUT2D eigenvalue weighted by atomic mass is 10.4. The number of hydrogen-bond acceptors (Lipinski definition) is 13. The van der Waals surface area contributed by atoms with Crippen LogP contribution in [0.2, 0.25) is 20.1 Å². The number of ether oxygens (including phenoxy) is 4. The summed E-state index contributed by atoms with van der Waals surface area (Å²) < 4.78 is 77.9. The van der Waals surface area contributed by atoms with Crippen molar-refractivity contribution in [3.8, 4) is 35.9 Å². The highest BCUT2D eigenvalue weighted by Crippen LogP contribution is 2.38. The van der Waals surface area contributed by atoms with Crippen LogP contribution in [0.3, 0.4) is 0 Å². The number of rotatable bonds is 14. The minimum Gasteiger partial charge on any atom is -0.478 e. The van der Waals surface area contributed by atoms with Gasteiger partial charge in [0.15, 0.2) is 6.61 Å². The number of benzene rings is 2. The summed E-state index contributed by atoms with van der Waals surface area (Å²) in [6.45, 7) is -0.239. The number of nitrogens with zero attached hydrogens (tertiary/aromatic N) is 5. The summed E-state index contributed by atoms with van der Waals surface area (Å²) >= 11 is 24.3. The fourth-order valence-corrected chi connectivity index (χ4v) is 7.73. The average molecular weight is 794 g/mol. The van der Waals surface area contributed by atoms with E-state index in [2.05, 4.69) is 30.6 Å². The lowest BCUT2D eigenvalue weighted by molar-refractivity contribution is -0.144. The van der Waals surface area contributed by atoms with Gasteiger partial charge in [-0.25, -0.2) is 31.6 Å². The first-order valence-corrected chi connectivity index (χ1v) is 17.3. The van der Waals surface area contributed by atoms with Crippen LogP contribution in [0, 0.1) is 12.3 Å². The third-order valence-corrected chi connectivity index (χ3v) is 10.9. The van der Waals surface area contributed by atoms with Gasteiger partial charge < -0.3 is 24.1 Å². The number of hydrogen-bond donors (Lipinski definition) is 2. The molecule has 0 aliphatic heterocycles. The molecule has 22 heteroatoms. The molecular weight excluding hydrogens is 774 g/mol. The summed E-state index contributed by atoms with van der Waals surface area (Å²) in [6.07, 6.45) is 4.41. The Morgan fingerprint density at radius 3 is 2.08 bits per heavy atom. The summed E-state index contributed by atoms with van der Waals surface area (Å²) in [7, 11) is -7.29. The molecule has 0 aliphatic carbocycles. The minimum absolute atomic E-state index is 0.0410. The zero-order valence-electron chi connectivity index (χ0n) is 24.7. The molecule has 1 unspecified atom stereocenters. The molecule has 0 saturated heterocycles. The van der Waals surface area contributed by atoms with Gasteiger partial charge in [0, 0.05) is 0 Å². The summed E-state index contributed by atoms with van der Waals surface area (Å²) in [5.41, 5.74) is 0. The van der Waals surface area contributed by atoms with Crippen LogP contribution in [0.1, 0.15) is 0 Å². The van der Waals surface area contributed by atoms with E-state index >= 15 is 0 Å². The van der Waals surface area contributed by atoms with Crippen molar-refractivity contribution in [2.45, 2.75) is 16.0 Å². The molecule has 0 saturated carbocycles. The second kappa shape index (κ2) is 15.4. The Labute approximate surface area is 298 Å². The number of terminal acetylenes is 1. The third-order valence-electron chi connectivity index (χ3n) is 5.86. The van der Waals surface area contributed by atoms with Crippen LogP contribution in [0.5, 0.6) is 23.5 Å². The van der Waals surface area contributed by atoms with Gasteiger partial charge in [0.1, 0.15) is 9.79 Å². The molecule has 4 aromatic rings. The highest BCUT2D eigenvalue weighted by molar-refractivity contribution is 7.93. The number of aliphatic carboxylic acids is 1. The Morgan fingerprint density at radius 1 is 0.918 bits per heavy atom. The van der Waals surface area contributed by atoms with Crippen LogP contribution in [-0.4, -0.2) is 74.9 Å². The second-order valence-electron chi connectivity index (χ2n) is 8.92. The summed E-state index contributed by atoms with van der Waals surface area (Å²) in [5.74, 6) is -2.81. The first kappa shape index (κ1) is 37.3. The predicted octanol–water partition coefficient (Wildman–Crippen LogP) is 4.40. The van der Waals surface area contributed by atoms with Crippen molar-refractivity contribution in [1.82, 2.24) is 19.9 Å². The molecule has 2 heterocycles. The van der Waals surface area contributed by atoms with Crippen molar-refractivity contribution >= 4 is 84.1 Å². The molecule has 2 aromatic carbocycles. The SMILES string of the molecule is C#CCOc1cnc(N(C(Oc2cnc(NS(=O)(=O)c3cccc(Cl)c3Cl)c(OC)n2)C(=O)O)S(=O)(=O)c2cccc(Cl)c2Cl)c(OC)n1. The van der Waals surface area contributed by atoms with Crippen LogP contribution < -0.4 is 28.0 Å². The van der Waals surface area contributed by atoms with Gasteiger partial charge in [-0.05, 0) is 24.3 Å². The molecule has 0 bridgehead atoms. The standard InChI is InChI=1S/C27H20Cl4N6O10S2/c1-4-11-46-18-12-33-23(25(34-18)45-3)37(49(42,43)17-10-6-8-15(29)21(17)31)26(27(38)39)47-19-13-32-22(24(35-19)44-2)36-48(40,41)16-9-5-7-14(28)20(16)30/h1,5-10,12-13,26H,11H2,2-3H3,(H,32,36)(H,38,39). The van der Waals surface area contributed by atoms with Crippen LogP contribution in [0.25, 0.3) is 0 Å². The number of carbonyl (C=O) groups is 1. The van der Waals surface area contributed by atoms with E-state index in [0.29, 0.717) is 0 Å². The van der Waals surface area contributed by atoms with Gasteiger partial charge >= 0.3 is 5.97 Å². The zero-order chi connectivity index (χ0) is 36.1. The number of nitrogens with one attached hydrogen (secondary N) is 1. The molecule has 0 aliphatic rings. The number of carboxylic acids is 1. The molecule has 258 valence electrons. The van der Waals surface area contributed by atoms with E-state index in [1.165, 1.54) is 30.3 Å². The maximum atomic E-state index is 14.2. The monoisotopic (exact) mass is 792 g/mol. The second-order valence-corrected chi connectivity index (χ2v) is 13.9. The molecule has 49 heavy (non-hydrogen) atoms. The van der Waals surface area contributed by atoms with Crippen LogP contribution in [-0.2, 0) is 24.8 Å². The van der Waals surface area contributed by atoms with Gasteiger partial charge in [-0.1, -0.05) is 64.5 Å².